The summed E-state index contributed by atoms with van der Waals surface area (Å²) in [5.74, 6) is 0.702. The second-order valence-electron chi connectivity index (χ2n) is 6.83. The van der Waals surface area contributed by atoms with Gasteiger partial charge in [0, 0.05) is 26.2 Å². The van der Waals surface area contributed by atoms with Gasteiger partial charge in [-0.05, 0) is 38.8 Å². The molecule has 1 aromatic rings. The Kier molecular flexibility index (Phi) is 7.06. The number of hydrogen-bond donors (Lipinski definition) is 1. The predicted octanol–water partition coefficient (Wildman–Crippen LogP) is 1.98. The first-order valence-corrected chi connectivity index (χ1v) is 7.83. The number of rotatable bonds is 7. The Labute approximate surface area is 142 Å². The molecule has 0 spiro atoms. The van der Waals surface area contributed by atoms with Crippen molar-refractivity contribution in [1.82, 2.24) is 15.4 Å². The highest BCUT2D eigenvalue weighted by Crippen LogP contribution is 2.10. The summed E-state index contributed by atoms with van der Waals surface area (Å²) >= 11 is 0. The van der Waals surface area contributed by atoms with Crippen LogP contribution in [0.25, 0.3) is 0 Å². The van der Waals surface area contributed by atoms with Gasteiger partial charge >= 0.3 is 6.09 Å². The van der Waals surface area contributed by atoms with Crippen molar-refractivity contribution in [2.75, 3.05) is 26.7 Å². The van der Waals surface area contributed by atoms with Crippen molar-refractivity contribution in [3.63, 3.8) is 0 Å². The minimum Gasteiger partial charge on any atom is -0.465 e. The van der Waals surface area contributed by atoms with Gasteiger partial charge in [0.1, 0.15) is 11.4 Å². The van der Waals surface area contributed by atoms with Crippen molar-refractivity contribution >= 4 is 12.0 Å². The van der Waals surface area contributed by atoms with E-state index in [2.05, 4.69) is 10.5 Å². The van der Waals surface area contributed by atoms with Crippen LogP contribution in [0.3, 0.4) is 0 Å². The molecule has 24 heavy (non-hydrogen) atoms. The number of nitrogens with one attached hydrogen (secondary N) is 1. The van der Waals surface area contributed by atoms with E-state index in [9.17, 15) is 9.59 Å². The third-order valence-electron chi connectivity index (χ3n) is 2.90. The molecule has 1 aromatic heterocycles. The lowest BCUT2D eigenvalue weighted by atomic mass is 10.1. The monoisotopic (exact) mass is 341 g/mol. The Hall–Kier alpha value is -2.25. The lowest BCUT2D eigenvalue weighted by Crippen LogP contribution is -2.40. The van der Waals surface area contributed by atoms with Crippen LogP contribution in [0.1, 0.15) is 33.5 Å². The zero-order valence-electron chi connectivity index (χ0n) is 15.2. The maximum Gasteiger partial charge on any atom is 0.410 e. The fourth-order valence-corrected chi connectivity index (χ4v) is 1.84. The number of carbonyl (C=O) groups is 2. The third-order valence-corrected chi connectivity index (χ3v) is 2.90. The SMILES string of the molecule is Cc1cc(OCC(=O)NC[C@@H](C)CN(C)C(=O)OC(C)(C)C)no1. The van der Waals surface area contributed by atoms with Gasteiger partial charge < -0.3 is 24.2 Å². The highest BCUT2D eigenvalue weighted by molar-refractivity contribution is 5.77. The lowest BCUT2D eigenvalue weighted by Gasteiger charge is -2.26. The number of aryl methyl sites for hydroxylation is 1. The van der Waals surface area contributed by atoms with Crippen LogP contribution in [-0.2, 0) is 9.53 Å². The van der Waals surface area contributed by atoms with Crippen LogP contribution in [0.5, 0.6) is 5.88 Å². The van der Waals surface area contributed by atoms with E-state index in [-0.39, 0.29) is 30.4 Å². The molecule has 136 valence electrons. The van der Waals surface area contributed by atoms with Gasteiger partial charge in [0.15, 0.2) is 6.61 Å². The second-order valence-corrected chi connectivity index (χ2v) is 6.83. The van der Waals surface area contributed by atoms with Crippen molar-refractivity contribution in [3.05, 3.63) is 11.8 Å². The molecule has 1 heterocycles. The van der Waals surface area contributed by atoms with Gasteiger partial charge in [0.05, 0.1) is 0 Å². The van der Waals surface area contributed by atoms with Gasteiger partial charge in [-0.15, -0.1) is 0 Å². The molecule has 0 radical (unpaired) electrons. The van der Waals surface area contributed by atoms with Gasteiger partial charge in [0.2, 0.25) is 0 Å². The summed E-state index contributed by atoms with van der Waals surface area (Å²) < 4.78 is 15.3. The Morgan fingerprint density at radius 3 is 2.62 bits per heavy atom. The zero-order chi connectivity index (χ0) is 18.3. The molecule has 0 aliphatic carbocycles. The second kappa shape index (κ2) is 8.56. The van der Waals surface area contributed by atoms with E-state index in [0.717, 1.165) is 0 Å². The molecule has 8 nitrogen and oxygen atoms in total. The summed E-state index contributed by atoms with van der Waals surface area (Å²) in [5.41, 5.74) is -0.528. The van der Waals surface area contributed by atoms with Crippen molar-refractivity contribution < 1.29 is 23.6 Å². The Morgan fingerprint density at radius 1 is 1.42 bits per heavy atom. The Morgan fingerprint density at radius 2 is 2.08 bits per heavy atom. The van der Waals surface area contributed by atoms with E-state index >= 15 is 0 Å². The first-order chi connectivity index (χ1) is 11.1. The topological polar surface area (TPSA) is 93.9 Å². The van der Waals surface area contributed by atoms with Crippen molar-refractivity contribution in [2.24, 2.45) is 5.92 Å². The first kappa shape index (κ1) is 19.8. The fourth-order valence-electron chi connectivity index (χ4n) is 1.84. The minimum atomic E-state index is -0.528. The molecule has 0 saturated carbocycles. The van der Waals surface area contributed by atoms with Crippen LogP contribution in [0, 0.1) is 12.8 Å². The number of amides is 2. The molecule has 0 saturated heterocycles. The molecule has 2 amide bonds. The molecule has 1 N–H and O–H groups in total. The maximum atomic E-state index is 11.9. The normalized spacial score (nSPS) is 12.4. The summed E-state index contributed by atoms with van der Waals surface area (Å²) in [5, 5.41) is 6.39. The molecule has 0 aliphatic rings. The summed E-state index contributed by atoms with van der Waals surface area (Å²) in [7, 11) is 1.67. The lowest BCUT2D eigenvalue weighted by molar-refractivity contribution is -0.123. The fraction of sp³-hybridized carbons (Fsp3) is 0.688. The molecule has 0 bridgehead atoms. The molecular formula is C16H27N3O5. The molecule has 0 fully saturated rings. The number of aromatic nitrogens is 1. The molecule has 0 aliphatic heterocycles. The molecule has 0 aromatic carbocycles. The summed E-state index contributed by atoms with van der Waals surface area (Å²) in [6.45, 7) is 9.88. The molecular weight excluding hydrogens is 314 g/mol. The van der Waals surface area contributed by atoms with E-state index in [1.807, 2.05) is 27.7 Å². The van der Waals surface area contributed by atoms with Crippen molar-refractivity contribution in [1.29, 1.82) is 0 Å². The van der Waals surface area contributed by atoms with Crippen molar-refractivity contribution in [2.45, 2.75) is 40.2 Å². The van der Waals surface area contributed by atoms with Gasteiger partial charge in [-0.25, -0.2) is 4.79 Å². The van der Waals surface area contributed by atoms with Crippen LogP contribution in [0.2, 0.25) is 0 Å². The number of hydrogen-bond acceptors (Lipinski definition) is 6. The van der Waals surface area contributed by atoms with Crippen LogP contribution in [0.15, 0.2) is 10.6 Å². The summed E-state index contributed by atoms with van der Waals surface area (Å²) in [6, 6.07) is 1.60. The van der Waals surface area contributed by atoms with E-state index < -0.39 is 5.60 Å². The standard InChI is InChI=1S/C16H27N3O5/c1-11(9-19(6)15(21)23-16(3,4)5)8-17-13(20)10-22-14-7-12(2)24-18-14/h7,11H,8-10H2,1-6H3,(H,17,20)/t11-/m1/s1. The van der Waals surface area contributed by atoms with Gasteiger partial charge in [-0.3, -0.25) is 4.79 Å². The van der Waals surface area contributed by atoms with E-state index in [1.54, 1.807) is 20.0 Å². The molecule has 1 rings (SSSR count). The average molecular weight is 341 g/mol. The van der Waals surface area contributed by atoms with Crippen LogP contribution in [0.4, 0.5) is 4.79 Å². The van der Waals surface area contributed by atoms with Crippen LogP contribution < -0.4 is 10.1 Å². The van der Waals surface area contributed by atoms with E-state index in [1.165, 1.54) is 4.90 Å². The minimum absolute atomic E-state index is 0.0702. The van der Waals surface area contributed by atoms with Crippen LogP contribution >= 0.6 is 0 Å². The molecule has 1 atom stereocenters. The number of carbonyl (C=O) groups excluding carboxylic acids is 2. The predicted molar refractivity (Wildman–Crippen MR) is 87.8 cm³/mol. The zero-order valence-corrected chi connectivity index (χ0v) is 15.2. The van der Waals surface area contributed by atoms with Crippen LogP contribution in [-0.4, -0.2) is 54.4 Å². The number of ether oxygens (including phenoxy) is 2. The highest BCUT2D eigenvalue weighted by Gasteiger charge is 2.20. The molecule has 8 heteroatoms. The Bertz CT molecular complexity index is 550. The van der Waals surface area contributed by atoms with E-state index in [4.69, 9.17) is 14.0 Å². The molecule has 0 unspecified atom stereocenters. The number of nitrogens with zero attached hydrogens (tertiary/aromatic N) is 2. The Balaban J connectivity index is 2.25. The third kappa shape index (κ3) is 7.85. The van der Waals surface area contributed by atoms with Gasteiger partial charge in [-0.2, -0.15) is 0 Å². The summed E-state index contributed by atoms with van der Waals surface area (Å²) in [6.07, 6.45) is -0.384. The first-order valence-electron chi connectivity index (χ1n) is 7.83. The summed E-state index contributed by atoms with van der Waals surface area (Å²) in [4.78, 5) is 25.1. The average Bonchev–Trinajstić information content (AvgIpc) is 2.86. The van der Waals surface area contributed by atoms with Crippen molar-refractivity contribution in [3.8, 4) is 5.88 Å². The van der Waals surface area contributed by atoms with Gasteiger partial charge in [-0.1, -0.05) is 6.92 Å². The maximum absolute atomic E-state index is 11.9. The smallest absolute Gasteiger partial charge is 0.410 e. The highest BCUT2D eigenvalue weighted by atomic mass is 16.6. The quantitative estimate of drug-likeness (QED) is 0.815. The van der Waals surface area contributed by atoms with E-state index in [0.29, 0.717) is 18.8 Å². The largest absolute Gasteiger partial charge is 0.465 e. The van der Waals surface area contributed by atoms with Gasteiger partial charge in [0.25, 0.3) is 11.8 Å².